The van der Waals surface area contributed by atoms with Crippen LogP contribution in [0, 0.1) is 5.92 Å². The van der Waals surface area contributed by atoms with Crippen LogP contribution in [0.1, 0.15) is 30.9 Å². The highest BCUT2D eigenvalue weighted by Crippen LogP contribution is 2.29. The van der Waals surface area contributed by atoms with Gasteiger partial charge >= 0.3 is 0 Å². The summed E-state index contributed by atoms with van der Waals surface area (Å²) in [6.45, 7) is 1.32. The summed E-state index contributed by atoms with van der Waals surface area (Å²) in [5.41, 5.74) is 1.88. The number of sulfone groups is 1. The van der Waals surface area contributed by atoms with E-state index in [1.54, 1.807) is 6.20 Å². The van der Waals surface area contributed by atoms with Crippen LogP contribution in [-0.4, -0.2) is 53.8 Å². The molecule has 0 spiro atoms. The van der Waals surface area contributed by atoms with Crippen LogP contribution in [-0.2, 0) is 14.6 Å². The predicted molar refractivity (Wildman–Crippen MR) is 94.9 cm³/mol. The number of fused-ring (bicyclic) bond motifs is 1. The molecule has 2 aromatic rings. The van der Waals surface area contributed by atoms with Crippen molar-refractivity contribution in [2.45, 2.75) is 25.2 Å². The number of aromatic nitrogens is 2. The van der Waals surface area contributed by atoms with Gasteiger partial charge in [0.05, 0.1) is 22.9 Å². The lowest BCUT2D eigenvalue weighted by Crippen LogP contribution is -2.42. The largest absolute Gasteiger partial charge is 0.342 e. The van der Waals surface area contributed by atoms with Gasteiger partial charge in [0.1, 0.15) is 0 Å². The van der Waals surface area contributed by atoms with E-state index in [2.05, 4.69) is 9.97 Å². The number of nitrogens with zero attached hydrogens (tertiary/aromatic N) is 3. The summed E-state index contributed by atoms with van der Waals surface area (Å²) in [6.07, 6.45) is 5.96. The average Bonchev–Trinajstić information content (AvgIpc) is 3.00. The minimum Gasteiger partial charge on any atom is -0.342 e. The molecule has 0 bridgehead atoms. The Morgan fingerprint density at radius 1 is 1.24 bits per heavy atom. The topological polar surface area (TPSA) is 80.2 Å². The van der Waals surface area contributed by atoms with Crippen LogP contribution in [0.4, 0.5) is 0 Å². The van der Waals surface area contributed by atoms with Crippen LogP contribution >= 0.6 is 0 Å². The van der Waals surface area contributed by atoms with Crippen molar-refractivity contribution in [3.8, 4) is 0 Å². The van der Waals surface area contributed by atoms with Crippen molar-refractivity contribution in [1.29, 1.82) is 0 Å². The van der Waals surface area contributed by atoms with Crippen LogP contribution in [0.15, 0.2) is 30.6 Å². The van der Waals surface area contributed by atoms with Gasteiger partial charge in [-0.05, 0) is 37.5 Å². The van der Waals surface area contributed by atoms with Gasteiger partial charge in [0.25, 0.3) is 0 Å². The monoisotopic (exact) mass is 359 g/mol. The van der Waals surface area contributed by atoms with Gasteiger partial charge in [-0.2, -0.15) is 0 Å². The minimum atomic E-state index is -3.04. The Morgan fingerprint density at radius 3 is 2.92 bits per heavy atom. The zero-order chi connectivity index (χ0) is 17.4. The van der Waals surface area contributed by atoms with Crippen molar-refractivity contribution in [2.24, 2.45) is 5.92 Å². The molecule has 2 fully saturated rings. The zero-order valence-corrected chi connectivity index (χ0v) is 14.8. The molecule has 2 aromatic heterocycles. The number of carbonyl (C=O) groups excluding carboxylic acids is 1. The quantitative estimate of drug-likeness (QED) is 0.816. The van der Waals surface area contributed by atoms with Gasteiger partial charge in [-0.15, -0.1) is 0 Å². The normalized spacial score (nSPS) is 26.0. The molecular formula is C18H21N3O3S. The molecule has 4 heterocycles. The maximum atomic E-state index is 12.7. The number of pyridine rings is 2. The Bertz CT molecular complexity index is 913. The second kappa shape index (κ2) is 6.37. The third-order valence-electron chi connectivity index (χ3n) is 5.24. The molecule has 25 heavy (non-hydrogen) atoms. The van der Waals surface area contributed by atoms with Crippen molar-refractivity contribution < 1.29 is 13.2 Å². The van der Waals surface area contributed by atoms with Crippen molar-refractivity contribution in [1.82, 2.24) is 14.9 Å². The highest BCUT2D eigenvalue weighted by atomic mass is 32.2. The fourth-order valence-electron chi connectivity index (χ4n) is 3.87. The van der Waals surface area contributed by atoms with E-state index in [0.717, 1.165) is 29.4 Å². The maximum Gasteiger partial charge on any atom is 0.226 e. The van der Waals surface area contributed by atoms with Gasteiger partial charge in [-0.3, -0.25) is 14.8 Å². The van der Waals surface area contributed by atoms with Crippen LogP contribution in [0.5, 0.6) is 0 Å². The van der Waals surface area contributed by atoms with Crippen molar-refractivity contribution in [3.05, 3.63) is 36.3 Å². The molecule has 0 N–H and O–H groups in total. The number of hydrogen-bond donors (Lipinski definition) is 0. The molecule has 132 valence electrons. The number of hydrogen-bond acceptors (Lipinski definition) is 5. The van der Waals surface area contributed by atoms with Crippen molar-refractivity contribution in [3.63, 3.8) is 0 Å². The molecule has 2 atom stereocenters. The molecule has 4 rings (SSSR count). The van der Waals surface area contributed by atoms with Gasteiger partial charge in [-0.1, -0.05) is 0 Å². The number of piperidine rings is 1. The second-order valence-electron chi connectivity index (χ2n) is 7.03. The lowest BCUT2D eigenvalue weighted by Gasteiger charge is -2.34. The number of carbonyl (C=O) groups is 1. The van der Waals surface area contributed by atoms with Gasteiger partial charge in [-0.25, -0.2) is 8.42 Å². The van der Waals surface area contributed by atoms with Crippen LogP contribution in [0.2, 0.25) is 0 Å². The summed E-state index contributed by atoms with van der Waals surface area (Å²) >= 11 is 0. The van der Waals surface area contributed by atoms with E-state index < -0.39 is 9.84 Å². The first kappa shape index (κ1) is 16.4. The molecule has 1 amide bonds. The third kappa shape index (κ3) is 3.38. The molecule has 2 aliphatic heterocycles. The van der Waals surface area contributed by atoms with Gasteiger partial charge in [0.15, 0.2) is 9.84 Å². The van der Waals surface area contributed by atoms with Crippen LogP contribution in [0.25, 0.3) is 10.9 Å². The Labute approximate surface area is 147 Å². The molecule has 2 aliphatic rings. The fraction of sp³-hybridized carbons (Fsp3) is 0.500. The van der Waals surface area contributed by atoms with Gasteiger partial charge < -0.3 is 4.90 Å². The molecule has 0 saturated carbocycles. The smallest absolute Gasteiger partial charge is 0.226 e. The Morgan fingerprint density at radius 2 is 2.12 bits per heavy atom. The first-order valence-electron chi connectivity index (χ1n) is 8.72. The highest BCUT2D eigenvalue weighted by Gasteiger charge is 2.37. The van der Waals surface area contributed by atoms with E-state index in [0.29, 0.717) is 19.5 Å². The zero-order valence-electron chi connectivity index (χ0n) is 14.0. The van der Waals surface area contributed by atoms with Crippen molar-refractivity contribution in [2.75, 3.05) is 24.6 Å². The van der Waals surface area contributed by atoms with E-state index in [-0.39, 0.29) is 29.2 Å². The molecule has 0 aromatic carbocycles. The molecule has 0 radical (unpaired) electrons. The van der Waals surface area contributed by atoms with E-state index in [4.69, 9.17) is 0 Å². The lowest BCUT2D eigenvalue weighted by atomic mass is 9.92. The summed E-state index contributed by atoms with van der Waals surface area (Å²) in [4.78, 5) is 23.5. The Kier molecular flexibility index (Phi) is 4.19. The fourth-order valence-corrected chi connectivity index (χ4v) is 5.60. The SMILES string of the molecule is O=C([C@H]1CCS(=O)(=O)C1)N1CCC[C@@H](c2cc3ncccc3cn2)C1. The summed E-state index contributed by atoms with van der Waals surface area (Å²) in [5.74, 6) is -0.0502. The summed E-state index contributed by atoms with van der Waals surface area (Å²) < 4.78 is 23.3. The van der Waals surface area contributed by atoms with Crippen LogP contribution < -0.4 is 0 Å². The Hall–Kier alpha value is -2.02. The summed E-state index contributed by atoms with van der Waals surface area (Å²) in [7, 11) is -3.04. The average molecular weight is 359 g/mol. The van der Waals surface area contributed by atoms with E-state index >= 15 is 0 Å². The highest BCUT2D eigenvalue weighted by molar-refractivity contribution is 7.91. The number of rotatable bonds is 2. The van der Waals surface area contributed by atoms with Crippen LogP contribution in [0.3, 0.4) is 0 Å². The van der Waals surface area contributed by atoms with E-state index in [1.807, 2.05) is 29.3 Å². The standard InChI is InChI=1S/C18H21N3O3S/c22-18(15-5-8-25(23,24)12-15)21-7-2-4-14(11-21)17-9-16-13(10-20-17)3-1-6-19-16/h1,3,6,9-10,14-15H,2,4-5,7-8,11-12H2/t14-,15+/m1/s1. The molecule has 6 nitrogen and oxygen atoms in total. The first-order chi connectivity index (χ1) is 12.0. The second-order valence-corrected chi connectivity index (χ2v) is 9.26. The summed E-state index contributed by atoms with van der Waals surface area (Å²) in [5, 5.41) is 1.01. The Balaban J connectivity index is 1.51. The molecular weight excluding hydrogens is 338 g/mol. The summed E-state index contributed by atoms with van der Waals surface area (Å²) in [6, 6.07) is 5.88. The predicted octanol–water partition coefficient (Wildman–Crippen LogP) is 1.77. The lowest BCUT2D eigenvalue weighted by molar-refractivity contribution is -0.136. The molecule has 0 aliphatic carbocycles. The van der Waals surface area contributed by atoms with E-state index in [1.165, 1.54) is 0 Å². The molecule has 0 unspecified atom stereocenters. The van der Waals surface area contributed by atoms with E-state index in [9.17, 15) is 13.2 Å². The molecule has 2 saturated heterocycles. The number of amides is 1. The minimum absolute atomic E-state index is 0.00510. The third-order valence-corrected chi connectivity index (χ3v) is 7.01. The van der Waals surface area contributed by atoms with Crippen molar-refractivity contribution >= 4 is 26.6 Å². The number of likely N-dealkylation sites (tertiary alicyclic amines) is 1. The van der Waals surface area contributed by atoms with Gasteiger partial charge in [0.2, 0.25) is 5.91 Å². The van der Waals surface area contributed by atoms with Gasteiger partial charge in [0, 0.05) is 42.5 Å². The first-order valence-corrected chi connectivity index (χ1v) is 10.5. The maximum absolute atomic E-state index is 12.7. The molecule has 7 heteroatoms.